The lowest BCUT2D eigenvalue weighted by atomic mass is 9.95. The molecule has 1 heteroatoms. The standard InChI is InChI=1S/C8H16.C5H10O/c1-7(2)8-5-3-4-6-8;1-5(4-6)2-3-5/h7-8H,3-6H2,1-2H3;6H,2-4H2,1H3. The largest absolute Gasteiger partial charge is 0.396 e. The summed E-state index contributed by atoms with van der Waals surface area (Å²) in [6, 6.07) is 0. The summed E-state index contributed by atoms with van der Waals surface area (Å²) < 4.78 is 0. The van der Waals surface area contributed by atoms with E-state index in [2.05, 4.69) is 20.8 Å². The summed E-state index contributed by atoms with van der Waals surface area (Å²) in [7, 11) is 0. The lowest BCUT2D eigenvalue weighted by molar-refractivity contribution is 0.224. The van der Waals surface area contributed by atoms with Gasteiger partial charge in [-0.25, -0.2) is 0 Å². The van der Waals surface area contributed by atoms with Crippen LogP contribution >= 0.6 is 0 Å². The fourth-order valence-electron chi connectivity index (χ4n) is 2.00. The van der Waals surface area contributed by atoms with Crippen LogP contribution in [0.25, 0.3) is 0 Å². The van der Waals surface area contributed by atoms with Crippen LogP contribution in [0.5, 0.6) is 0 Å². The highest BCUT2D eigenvalue weighted by Gasteiger charge is 2.35. The van der Waals surface area contributed by atoms with E-state index in [0.29, 0.717) is 12.0 Å². The van der Waals surface area contributed by atoms with Gasteiger partial charge in [0.05, 0.1) is 0 Å². The normalized spacial score (nSPS) is 24.6. The molecule has 84 valence electrons. The molecule has 1 N–H and O–H groups in total. The average molecular weight is 198 g/mol. The smallest absolute Gasteiger partial charge is 0.0484 e. The number of aliphatic hydroxyl groups is 1. The highest BCUT2D eigenvalue weighted by atomic mass is 16.3. The van der Waals surface area contributed by atoms with Gasteiger partial charge in [0.1, 0.15) is 0 Å². The lowest BCUT2D eigenvalue weighted by Gasteiger charge is -2.11. The lowest BCUT2D eigenvalue weighted by Crippen LogP contribution is -2.01. The van der Waals surface area contributed by atoms with Gasteiger partial charge in [-0.15, -0.1) is 0 Å². The first-order valence-electron chi connectivity index (χ1n) is 6.18. The van der Waals surface area contributed by atoms with Gasteiger partial charge in [-0.1, -0.05) is 46.5 Å². The molecule has 1 nitrogen and oxygen atoms in total. The van der Waals surface area contributed by atoms with Gasteiger partial charge < -0.3 is 5.11 Å². The molecule has 0 atom stereocenters. The second-order valence-electron chi connectivity index (χ2n) is 5.76. The van der Waals surface area contributed by atoms with Crippen molar-refractivity contribution in [2.45, 2.75) is 59.3 Å². The fraction of sp³-hybridized carbons (Fsp3) is 1.00. The monoisotopic (exact) mass is 198 g/mol. The number of hydrogen-bond donors (Lipinski definition) is 1. The Kier molecular flexibility index (Phi) is 4.43. The number of hydrogen-bond acceptors (Lipinski definition) is 1. The van der Waals surface area contributed by atoms with E-state index in [9.17, 15) is 0 Å². The highest BCUT2D eigenvalue weighted by Crippen LogP contribution is 2.43. The third kappa shape index (κ3) is 4.00. The van der Waals surface area contributed by atoms with Crippen molar-refractivity contribution < 1.29 is 5.11 Å². The van der Waals surface area contributed by atoms with Crippen LogP contribution in [-0.4, -0.2) is 11.7 Å². The fourth-order valence-corrected chi connectivity index (χ4v) is 2.00. The van der Waals surface area contributed by atoms with E-state index in [4.69, 9.17) is 5.11 Å². The maximum Gasteiger partial charge on any atom is 0.0484 e. The van der Waals surface area contributed by atoms with Gasteiger partial charge in [-0.3, -0.25) is 0 Å². The van der Waals surface area contributed by atoms with Crippen molar-refractivity contribution in [3.05, 3.63) is 0 Å². The second kappa shape index (κ2) is 5.16. The van der Waals surface area contributed by atoms with Crippen molar-refractivity contribution in [2.24, 2.45) is 17.3 Å². The molecule has 2 fully saturated rings. The van der Waals surface area contributed by atoms with Gasteiger partial charge in [-0.2, -0.15) is 0 Å². The molecule has 2 aliphatic carbocycles. The van der Waals surface area contributed by atoms with Gasteiger partial charge in [0.15, 0.2) is 0 Å². The van der Waals surface area contributed by atoms with Crippen LogP contribution in [0.4, 0.5) is 0 Å². The van der Waals surface area contributed by atoms with Crippen LogP contribution in [-0.2, 0) is 0 Å². The molecular weight excluding hydrogens is 172 g/mol. The van der Waals surface area contributed by atoms with Gasteiger partial charge in [-0.05, 0) is 30.1 Å². The zero-order chi connectivity index (χ0) is 10.6. The molecule has 0 unspecified atom stereocenters. The highest BCUT2D eigenvalue weighted by molar-refractivity contribution is 4.87. The average Bonchev–Trinajstić information content (AvgIpc) is 2.73. The Labute approximate surface area is 88.9 Å². The third-order valence-corrected chi connectivity index (χ3v) is 3.83. The van der Waals surface area contributed by atoms with Crippen LogP contribution in [0.1, 0.15) is 59.3 Å². The summed E-state index contributed by atoms with van der Waals surface area (Å²) in [6.07, 6.45) is 8.42. The zero-order valence-electron chi connectivity index (χ0n) is 10.1. The first kappa shape index (κ1) is 12.0. The Morgan fingerprint density at radius 1 is 1.21 bits per heavy atom. The molecule has 2 aliphatic rings. The molecule has 0 aromatic heterocycles. The third-order valence-electron chi connectivity index (χ3n) is 3.83. The van der Waals surface area contributed by atoms with Crippen molar-refractivity contribution in [3.8, 4) is 0 Å². The summed E-state index contributed by atoms with van der Waals surface area (Å²) >= 11 is 0. The van der Waals surface area contributed by atoms with Gasteiger partial charge >= 0.3 is 0 Å². The Bertz CT molecular complexity index is 153. The summed E-state index contributed by atoms with van der Waals surface area (Å²) in [5, 5.41) is 8.47. The molecule has 0 spiro atoms. The summed E-state index contributed by atoms with van der Waals surface area (Å²) in [5.41, 5.74) is 0.347. The molecule has 0 bridgehead atoms. The number of rotatable bonds is 2. The molecule has 14 heavy (non-hydrogen) atoms. The minimum absolute atomic E-state index is 0.347. The predicted octanol–water partition coefficient (Wildman–Crippen LogP) is 3.61. The van der Waals surface area contributed by atoms with Crippen LogP contribution in [0.3, 0.4) is 0 Å². The van der Waals surface area contributed by atoms with E-state index in [-0.39, 0.29) is 0 Å². The topological polar surface area (TPSA) is 20.2 Å². The summed E-state index contributed by atoms with van der Waals surface area (Å²) in [5.74, 6) is 2.01. The van der Waals surface area contributed by atoms with Crippen LogP contribution in [0.15, 0.2) is 0 Å². The molecule has 0 aromatic carbocycles. The van der Waals surface area contributed by atoms with E-state index in [1.165, 1.54) is 38.5 Å². The quantitative estimate of drug-likeness (QED) is 0.718. The summed E-state index contributed by atoms with van der Waals surface area (Å²) in [6.45, 7) is 7.17. The predicted molar refractivity (Wildman–Crippen MR) is 61.2 cm³/mol. The Morgan fingerprint density at radius 3 is 1.86 bits per heavy atom. The minimum atomic E-state index is 0.347. The summed E-state index contributed by atoms with van der Waals surface area (Å²) in [4.78, 5) is 0. The molecular formula is C13H26O. The van der Waals surface area contributed by atoms with Crippen LogP contribution in [0, 0.1) is 17.3 Å². The van der Waals surface area contributed by atoms with Crippen molar-refractivity contribution in [1.82, 2.24) is 0 Å². The molecule has 0 radical (unpaired) electrons. The molecule has 0 amide bonds. The van der Waals surface area contributed by atoms with Crippen molar-refractivity contribution >= 4 is 0 Å². The van der Waals surface area contributed by atoms with Gasteiger partial charge in [0, 0.05) is 6.61 Å². The molecule has 0 saturated heterocycles. The van der Waals surface area contributed by atoms with Gasteiger partial charge in [0.2, 0.25) is 0 Å². The molecule has 2 rings (SSSR count). The first-order valence-corrected chi connectivity index (χ1v) is 6.18. The van der Waals surface area contributed by atoms with Crippen LogP contribution in [0.2, 0.25) is 0 Å². The SMILES string of the molecule is CC(C)C1CCCC1.CC1(CO)CC1. The Hall–Kier alpha value is -0.0400. The van der Waals surface area contributed by atoms with Gasteiger partial charge in [0.25, 0.3) is 0 Å². The maximum absolute atomic E-state index is 8.47. The van der Waals surface area contributed by atoms with E-state index < -0.39 is 0 Å². The second-order valence-corrected chi connectivity index (χ2v) is 5.76. The van der Waals surface area contributed by atoms with E-state index in [0.717, 1.165) is 11.8 Å². The zero-order valence-corrected chi connectivity index (χ0v) is 10.1. The molecule has 0 aliphatic heterocycles. The van der Waals surface area contributed by atoms with E-state index in [1.54, 1.807) is 0 Å². The van der Waals surface area contributed by atoms with E-state index in [1.807, 2.05) is 0 Å². The number of aliphatic hydroxyl groups excluding tert-OH is 1. The Morgan fingerprint density at radius 2 is 1.71 bits per heavy atom. The Balaban J connectivity index is 0.000000146. The van der Waals surface area contributed by atoms with Crippen molar-refractivity contribution in [2.75, 3.05) is 6.61 Å². The van der Waals surface area contributed by atoms with Crippen LogP contribution < -0.4 is 0 Å². The van der Waals surface area contributed by atoms with Crippen molar-refractivity contribution in [1.29, 1.82) is 0 Å². The molecule has 2 saturated carbocycles. The first-order chi connectivity index (χ1) is 6.57. The minimum Gasteiger partial charge on any atom is -0.396 e. The molecule has 0 heterocycles. The molecule has 0 aromatic rings. The maximum atomic E-state index is 8.47. The van der Waals surface area contributed by atoms with Crippen molar-refractivity contribution in [3.63, 3.8) is 0 Å². The van der Waals surface area contributed by atoms with E-state index >= 15 is 0 Å².